The van der Waals surface area contributed by atoms with Gasteiger partial charge in [0.1, 0.15) is 10.8 Å². The highest BCUT2D eigenvalue weighted by Gasteiger charge is 2.07. The van der Waals surface area contributed by atoms with Gasteiger partial charge in [0, 0.05) is 33.2 Å². The van der Waals surface area contributed by atoms with Crippen molar-refractivity contribution < 1.29 is 4.39 Å². The molecule has 0 saturated carbocycles. The Hall–Kier alpha value is -1.91. The van der Waals surface area contributed by atoms with E-state index in [1.807, 2.05) is 35.0 Å². The van der Waals surface area contributed by atoms with Gasteiger partial charge in [0.15, 0.2) is 0 Å². The largest absolute Gasteiger partial charge is 0.389 e. The van der Waals surface area contributed by atoms with Crippen LogP contribution in [0.1, 0.15) is 11.1 Å². The molecule has 106 valence electrons. The standard InChI is InChI=1S/C16H12ClFN2S/c17-13-3-1-12(14(18)8-13)9-20-6-5-10-7-11(16(19)21)2-4-15(10)20/h1-8H,9H2,(H2,19,21). The predicted molar refractivity (Wildman–Crippen MR) is 88.3 cm³/mol. The Morgan fingerprint density at radius 3 is 2.71 bits per heavy atom. The molecule has 21 heavy (non-hydrogen) atoms. The summed E-state index contributed by atoms with van der Waals surface area (Å²) < 4.78 is 15.9. The van der Waals surface area contributed by atoms with Crippen molar-refractivity contribution in [3.05, 3.63) is 70.6 Å². The summed E-state index contributed by atoms with van der Waals surface area (Å²) in [6, 6.07) is 12.4. The van der Waals surface area contributed by atoms with Gasteiger partial charge < -0.3 is 10.3 Å². The predicted octanol–water partition coefficient (Wildman–Crippen LogP) is 4.12. The van der Waals surface area contributed by atoms with Crippen LogP contribution in [0, 0.1) is 5.82 Å². The van der Waals surface area contributed by atoms with E-state index in [1.54, 1.807) is 12.1 Å². The molecule has 0 saturated heterocycles. The van der Waals surface area contributed by atoms with Gasteiger partial charge in [0.05, 0.1) is 6.54 Å². The summed E-state index contributed by atoms with van der Waals surface area (Å²) in [4.78, 5) is 0.369. The number of thiocarbonyl (C=S) groups is 1. The van der Waals surface area contributed by atoms with Crippen LogP contribution in [0.2, 0.25) is 5.02 Å². The zero-order valence-electron chi connectivity index (χ0n) is 11.0. The van der Waals surface area contributed by atoms with Gasteiger partial charge in [-0.2, -0.15) is 0 Å². The monoisotopic (exact) mass is 318 g/mol. The number of hydrogen-bond donors (Lipinski definition) is 1. The number of rotatable bonds is 3. The maximum Gasteiger partial charge on any atom is 0.129 e. The molecule has 0 amide bonds. The van der Waals surface area contributed by atoms with E-state index >= 15 is 0 Å². The van der Waals surface area contributed by atoms with Gasteiger partial charge in [-0.05, 0) is 36.4 Å². The van der Waals surface area contributed by atoms with Crippen LogP contribution in [0.25, 0.3) is 10.9 Å². The van der Waals surface area contributed by atoms with E-state index in [2.05, 4.69) is 0 Å². The van der Waals surface area contributed by atoms with Crippen molar-refractivity contribution in [1.29, 1.82) is 0 Å². The first-order valence-electron chi connectivity index (χ1n) is 6.37. The second-order valence-corrected chi connectivity index (χ2v) is 5.69. The first-order chi connectivity index (χ1) is 10.0. The Morgan fingerprint density at radius 1 is 1.19 bits per heavy atom. The molecule has 5 heteroatoms. The lowest BCUT2D eigenvalue weighted by atomic mass is 10.1. The lowest BCUT2D eigenvalue weighted by Crippen LogP contribution is -2.08. The summed E-state index contributed by atoms with van der Waals surface area (Å²) in [5, 5.41) is 1.42. The molecule has 1 heterocycles. The highest BCUT2D eigenvalue weighted by atomic mass is 35.5. The van der Waals surface area contributed by atoms with E-state index in [4.69, 9.17) is 29.6 Å². The van der Waals surface area contributed by atoms with Crippen LogP contribution in [-0.2, 0) is 6.54 Å². The fourth-order valence-electron chi connectivity index (χ4n) is 2.32. The third kappa shape index (κ3) is 2.77. The van der Waals surface area contributed by atoms with Crippen LogP contribution in [0.3, 0.4) is 0 Å². The second kappa shape index (κ2) is 5.47. The summed E-state index contributed by atoms with van der Waals surface area (Å²) in [5.41, 5.74) is 8.06. The number of nitrogens with two attached hydrogens (primary N) is 1. The highest BCUT2D eigenvalue weighted by molar-refractivity contribution is 7.80. The molecule has 2 nitrogen and oxygen atoms in total. The van der Waals surface area contributed by atoms with E-state index in [9.17, 15) is 4.39 Å². The van der Waals surface area contributed by atoms with Crippen LogP contribution in [0.4, 0.5) is 4.39 Å². The summed E-state index contributed by atoms with van der Waals surface area (Å²) >= 11 is 10.7. The van der Waals surface area contributed by atoms with Crippen molar-refractivity contribution in [2.75, 3.05) is 0 Å². The molecule has 0 aliphatic rings. The summed E-state index contributed by atoms with van der Waals surface area (Å²) in [7, 11) is 0. The summed E-state index contributed by atoms with van der Waals surface area (Å²) in [6.45, 7) is 0.443. The fourth-order valence-corrected chi connectivity index (χ4v) is 2.61. The second-order valence-electron chi connectivity index (χ2n) is 4.82. The van der Waals surface area contributed by atoms with Crippen molar-refractivity contribution in [3.63, 3.8) is 0 Å². The maximum atomic E-state index is 13.9. The van der Waals surface area contributed by atoms with E-state index in [-0.39, 0.29) is 5.82 Å². The smallest absolute Gasteiger partial charge is 0.129 e. The van der Waals surface area contributed by atoms with Gasteiger partial charge in [-0.1, -0.05) is 29.9 Å². The topological polar surface area (TPSA) is 30.9 Å². The Morgan fingerprint density at radius 2 is 2.00 bits per heavy atom. The molecule has 0 unspecified atom stereocenters. The number of fused-ring (bicyclic) bond motifs is 1. The van der Waals surface area contributed by atoms with Gasteiger partial charge in [-0.25, -0.2) is 4.39 Å². The minimum absolute atomic E-state index is 0.302. The Balaban J connectivity index is 1.99. The van der Waals surface area contributed by atoms with Crippen molar-refractivity contribution >= 4 is 39.7 Å². The number of aromatic nitrogens is 1. The van der Waals surface area contributed by atoms with Crippen LogP contribution in [0.15, 0.2) is 48.7 Å². The first kappa shape index (κ1) is 14.0. The minimum Gasteiger partial charge on any atom is -0.389 e. The quantitative estimate of drug-likeness (QED) is 0.737. The molecule has 0 aliphatic carbocycles. The molecule has 0 aliphatic heterocycles. The normalized spacial score (nSPS) is 11.0. The molecule has 2 N–H and O–H groups in total. The average Bonchev–Trinajstić information content (AvgIpc) is 2.84. The lowest BCUT2D eigenvalue weighted by Gasteiger charge is -2.08. The number of halogens is 2. The molecule has 0 bridgehead atoms. The van der Waals surface area contributed by atoms with Crippen LogP contribution < -0.4 is 5.73 Å². The SMILES string of the molecule is NC(=S)c1ccc2c(ccn2Cc2ccc(Cl)cc2F)c1. The van der Waals surface area contributed by atoms with E-state index in [0.29, 0.717) is 22.1 Å². The third-order valence-corrected chi connectivity index (χ3v) is 3.88. The van der Waals surface area contributed by atoms with Crippen LogP contribution in [-0.4, -0.2) is 9.56 Å². The molecule has 0 radical (unpaired) electrons. The van der Waals surface area contributed by atoms with E-state index in [0.717, 1.165) is 16.5 Å². The fraction of sp³-hybridized carbons (Fsp3) is 0.0625. The molecule has 3 aromatic rings. The van der Waals surface area contributed by atoms with Gasteiger partial charge in [-0.15, -0.1) is 0 Å². The molecule has 0 spiro atoms. The van der Waals surface area contributed by atoms with Crippen molar-refractivity contribution in [2.45, 2.75) is 6.54 Å². The highest BCUT2D eigenvalue weighted by Crippen LogP contribution is 2.21. The molecule has 3 rings (SSSR count). The zero-order valence-corrected chi connectivity index (χ0v) is 12.6. The van der Waals surface area contributed by atoms with Crippen LogP contribution in [0.5, 0.6) is 0 Å². The minimum atomic E-state index is -0.302. The third-order valence-electron chi connectivity index (χ3n) is 3.41. The van der Waals surface area contributed by atoms with Gasteiger partial charge in [0.2, 0.25) is 0 Å². The van der Waals surface area contributed by atoms with Gasteiger partial charge in [0.25, 0.3) is 0 Å². The number of nitrogens with zero attached hydrogens (tertiary/aromatic N) is 1. The molecule has 0 fully saturated rings. The van der Waals surface area contributed by atoms with Crippen molar-refractivity contribution in [1.82, 2.24) is 4.57 Å². The molecule has 0 atom stereocenters. The summed E-state index contributed by atoms with van der Waals surface area (Å²) in [6.07, 6.45) is 1.92. The number of hydrogen-bond acceptors (Lipinski definition) is 1. The van der Waals surface area contributed by atoms with Gasteiger partial charge in [-0.3, -0.25) is 0 Å². The average molecular weight is 319 g/mol. The zero-order chi connectivity index (χ0) is 15.0. The molecular formula is C16H12ClFN2S. The van der Waals surface area contributed by atoms with E-state index < -0.39 is 0 Å². The Kier molecular flexibility index (Phi) is 3.66. The molecule has 2 aromatic carbocycles. The van der Waals surface area contributed by atoms with E-state index in [1.165, 1.54) is 6.07 Å². The Bertz CT molecular complexity index is 841. The molecular weight excluding hydrogens is 307 g/mol. The molecule has 1 aromatic heterocycles. The van der Waals surface area contributed by atoms with Crippen molar-refractivity contribution in [2.24, 2.45) is 5.73 Å². The summed E-state index contributed by atoms with van der Waals surface area (Å²) in [5.74, 6) is -0.302. The van der Waals surface area contributed by atoms with Crippen LogP contribution >= 0.6 is 23.8 Å². The maximum absolute atomic E-state index is 13.9. The Labute approximate surface area is 131 Å². The van der Waals surface area contributed by atoms with Gasteiger partial charge >= 0.3 is 0 Å². The lowest BCUT2D eigenvalue weighted by molar-refractivity contribution is 0.602. The first-order valence-corrected chi connectivity index (χ1v) is 7.16. The number of benzene rings is 2. The van der Waals surface area contributed by atoms with Crippen molar-refractivity contribution in [3.8, 4) is 0 Å².